The molecule has 0 aliphatic rings. The molecule has 2 aromatic heterocycles. The Morgan fingerprint density at radius 3 is 2.80 bits per heavy atom. The van der Waals surface area contributed by atoms with E-state index in [1.54, 1.807) is 29.2 Å². The van der Waals surface area contributed by atoms with E-state index in [1.807, 2.05) is 41.9 Å². The van der Waals surface area contributed by atoms with Gasteiger partial charge in [0, 0.05) is 38.1 Å². The number of nitrogens with one attached hydrogen (secondary N) is 1. The van der Waals surface area contributed by atoms with Crippen LogP contribution in [0.25, 0.3) is 0 Å². The molecular weight excluding hydrogens is 339 g/mol. The summed E-state index contributed by atoms with van der Waals surface area (Å²) < 4.78 is 17.2. The Hall–Kier alpha value is -2.74. The van der Waals surface area contributed by atoms with E-state index in [9.17, 15) is 4.39 Å². The monoisotopic (exact) mass is 358 g/mol. The van der Waals surface area contributed by atoms with Crippen LogP contribution in [-0.2, 0) is 20.1 Å². The third kappa shape index (κ3) is 4.21. The van der Waals surface area contributed by atoms with Crippen LogP contribution in [0, 0.1) is 5.82 Å². The average molecular weight is 358 g/mol. The zero-order valence-corrected chi connectivity index (χ0v) is 14.9. The van der Waals surface area contributed by atoms with Crippen LogP contribution in [0.3, 0.4) is 0 Å². The molecule has 1 N–H and O–H groups in total. The molecule has 0 radical (unpaired) electrons. The zero-order valence-electron chi connectivity index (χ0n) is 14.1. The summed E-state index contributed by atoms with van der Waals surface area (Å²) >= 11 is 5.41. The molecule has 0 saturated heterocycles. The van der Waals surface area contributed by atoms with Gasteiger partial charge in [-0.05, 0) is 24.4 Å². The molecule has 1 aromatic carbocycles. The lowest BCUT2D eigenvalue weighted by Gasteiger charge is -2.20. The summed E-state index contributed by atoms with van der Waals surface area (Å²) in [6.07, 6.45) is 3.54. The minimum absolute atomic E-state index is 0.237. The minimum atomic E-state index is -0.237. The molecular formula is C17H19FN6S. The Balaban J connectivity index is 1.60. The first-order valence-electron chi connectivity index (χ1n) is 7.79. The number of aryl methyl sites for hydroxylation is 1. The van der Waals surface area contributed by atoms with E-state index in [1.165, 1.54) is 6.07 Å². The minimum Gasteiger partial charge on any atom is -0.346 e. The van der Waals surface area contributed by atoms with E-state index in [-0.39, 0.29) is 5.82 Å². The molecule has 0 unspecified atom stereocenters. The van der Waals surface area contributed by atoms with E-state index in [2.05, 4.69) is 15.5 Å². The van der Waals surface area contributed by atoms with Crippen molar-refractivity contribution in [3.8, 4) is 0 Å². The highest BCUT2D eigenvalue weighted by Gasteiger charge is 2.10. The highest BCUT2D eigenvalue weighted by atomic mass is 32.1. The molecule has 130 valence electrons. The maximum Gasteiger partial charge on any atom is 0.174 e. The van der Waals surface area contributed by atoms with Crippen molar-refractivity contribution in [3.63, 3.8) is 0 Å². The number of hydrogen-bond acceptors (Lipinski definition) is 3. The Morgan fingerprint density at radius 2 is 2.08 bits per heavy atom. The number of halogens is 1. The molecule has 0 amide bonds. The van der Waals surface area contributed by atoms with Crippen molar-refractivity contribution in [2.45, 2.75) is 13.1 Å². The lowest BCUT2D eigenvalue weighted by atomic mass is 10.2. The van der Waals surface area contributed by atoms with Crippen LogP contribution >= 0.6 is 12.2 Å². The van der Waals surface area contributed by atoms with Crippen LogP contribution in [0.5, 0.6) is 0 Å². The highest BCUT2D eigenvalue weighted by Crippen LogP contribution is 2.11. The normalized spacial score (nSPS) is 10.7. The number of hydrogen-bond donors (Lipinski definition) is 1. The molecule has 25 heavy (non-hydrogen) atoms. The van der Waals surface area contributed by atoms with Crippen LogP contribution in [-0.4, -0.2) is 36.6 Å². The molecule has 3 aromatic rings. The molecule has 0 atom stereocenters. The molecule has 0 bridgehead atoms. The van der Waals surface area contributed by atoms with Crippen molar-refractivity contribution in [1.82, 2.24) is 24.5 Å². The quantitative estimate of drug-likeness (QED) is 0.711. The largest absolute Gasteiger partial charge is 0.346 e. The third-order valence-electron chi connectivity index (χ3n) is 3.83. The molecule has 8 heteroatoms. The Labute approximate surface area is 150 Å². The van der Waals surface area contributed by atoms with Gasteiger partial charge in [-0.3, -0.25) is 9.36 Å². The molecule has 0 aliphatic carbocycles. The first-order valence-corrected chi connectivity index (χ1v) is 8.19. The molecule has 0 saturated carbocycles. The number of rotatable bonds is 5. The van der Waals surface area contributed by atoms with Gasteiger partial charge >= 0.3 is 0 Å². The van der Waals surface area contributed by atoms with E-state index in [0.717, 1.165) is 5.69 Å². The fourth-order valence-electron chi connectivity index (χ4n) is 2.39. The van der Waals surface area contributed by atoms with Gasteiger partial charge < -0.3 is 10.2 Å². The number of nitrogens with zero attached hydrogens (tertiary/aromatic N) is 5. The van der Waals surface area contributed by atoms with Gasteiger partial charge in [-0.2, -0.15) is 10.2 Å². The van der Waals surface area contributed by atoms with Gasteiger partial charge in [0.05, 0.1) is 18.8 Å². The zero-order chi connectivity index (χ0) is 17.8. The van der Waals surface area contributed by atoms with Gasteiger partial charge in [-0.15, -0.1) is 0 Å². The average Bonchev–Trinajstić information content (AvgIpc) is 3.19. The van der Waals surface area contributed by atoms with Gasteiger partial charge in [0.1, 0.15) is 5.82 Å². The summed E-state index contributed by atoms with van der Waals surface area (Å²) in [5, 5.41) is 12.2. The number of thiocarbonyl (C=S) groups is 1. The Bertz CT molecular complexity index is 871. The number of anilines is 1. The second-order valence-electron chi connectivity index (χ2n) is 5.72. The van der Waals surface area contributed by atoms with E-state index in [4.69, 9.17) is 12.2 Å². The van der Waals surface area contributed by atoms with Crippen LogP contribution < -0.4 is 5.32 Å². The summed E-state index contributed by atoms with van der Waals surface area (Å²) in [5.74, 6) is 0.386. The van der Waals surface area contributed by atoms with E-state index >= 15 is 0 Å². The van der Waals surface area contributed by atoms with Crippen molar-refractivity contribution in [2.75, 3.05) is 12.4 Å². The first kappa shape index (κ1) is 17.1. The molecule has 0 fully saturated rings. The maximum absolute atomic E-state index is 13.7. The Kier molecular flexibility index (Phi) is 5.08. The maximum atomic E-state index is 13.7. The predicted molar refractivity (Wildman–Crippen MR) is 98.6 cm³/mol. The topological polar surface area (TPSA) is 50.9 Å². The summed E-state index contributed by atoms with van der Waals surface area (Å²) in [6.45, 7) is 1.00. The molecule has 3 rings (SSSR count). The van der Waals surface area contributed by atoms with Gasteiger partial charge in [0.2, 0.25) is 0 Å². The second kappa shape index (κ2) is 7.43. The predicted octanol–water partition coefficient (Wildman–Crippen LogP) is 2.63. The third-order valence-corrected chi connectivity index (χ3v) is 4.25. The highest BCUT2D eigenvalue weighted by molar-refractivity contribution is 7.80. The van der Waals surface area contributed by atoms with Gasteiger partial charge in [0.25, 0.3) is 0 Å². The summed E-state index contributed by atoms with van der Waals surface area (Å²) in [7, 11) is 3.79. The van der Waals surface area contributed by atoms with Crippen molar-refractivity contribution in [3.05, 3.63) is 65.9 Å². The van der Waals surface area contributed by atoms with Gasteiger partial charge in [0.15, 0.2) is 10.9 Å². The van der Waals surface area contributed by atoms with Crippen molar-refractivity contribution in [2.24, 2.45) is 7.05 Å². The fourth-order valence-corrected chi connectivity index (χ4v) is 2.56. The standard InChI is InChI=1S/C17H19FN6S/c1-22(12-14-7-9-19-23(14)2)17(25)20-16-8-10-24(21-16)11-13-5-3-4-6-15(13)18/h3-10H,11-12H2,1-2H3,(H,20,21,25). The lowest BCUT2D eigenvalue weighted by Crippen LogP contribution is -2.31. The Morgan fingerprint density at radius 1 is 1.28 bits per heavy atom. The van der Waals surface area contributed by atoms with Crippen LogP contribution in [0.4, 0.5) is 10.2 Å². The SMILES string of the molecule is CN(Cc1ccnn1C)C(=S)Nc1ccn(Cc2ccccc2F)n1. The van der Waals surface area contributed by atoms with E-state index < -0.39 is 0 Å². The van der Waals surface area contributed by atoms with Gasteiger partial charge in [-0.1, -0.05) is 18.2 Å². The summed E-state index contributed by atoms with van der Waals surface area (Å²) in [4.78, 5) is 1.90. The molecule has 2 heterocycles. The molecule has 0 aliphatic heterocycles. The second-order valence-corrected chi connectivity index (χ2v) is 6.11. The van der Waals surface area contributed by atoms with Crippen molar-refractivity contribution >= 4 is 23.1 Å². The van der Waals surface area contributed by atoms with Crippen molar-refractivity contribution < 1.29 is 4.39 Å². The molecule has 0 spiro atoms. The molecule has 6 nitrogen and oxygen atoms in total. The van der Waals surface area contributed by atoms with Gasteiger partial charge in [-0.25, -0.2) is 4.39 Å². The van der Waals surface area contributed by atoms with Crippen LogP contribution in [0.1, 0.15) is 11.3 Å². The smallest absolute Gasteiger partial charge is 0.174 e. The fraction of sp³-hybridized carbons (Fsp3) is 0.235. The first-order chi connectivity index (χ1) is 12.0. The van der Waals surface area contributed by atoms with E-state index in [0.29, 0.717) is 29.6 Å². The summed E-state index contributed by atoms with van der Waals surface area (Å²) in [5.41, 5.74) is 1.64. The van der Waals surface area contributed by atoms with Crippen LogP contribution in [0.15, 0.2) is 48.8 Å². The van der Waals surface area contributed by atoms with Crippen LogP contribution in [0.2, 0.25) is 0 Å². The lowest BCUT2D eigenvalue weighted by molar-refractivity contribution is 0.482. The number of benzene rings is 1. The number of aromatic nitrogens is 4. The summed E-state index contributed by atoms with van der Waals surface area (Å²) in [6, 6.07) is 10.4. The van der Waals surface area contributed by atoms with Crippen molar-refractivity contribution in [1.29, 1.82) is 0 Å².